The maximum atomic E-state index is 13.0. The third kappa shape index (κ3) is 5.78. The van der Waals surface area contributed by atoms with Gasteiger partial charge in [-0.2, -0.15) is 26.3 Å². The fourth-order valence-corrected chi connectivity index (χ4v) is 3.18. The molecule has 2 amide bonds. The molecule has 2 N–H and O–H groups in total. The van der Waals surface area contributed by atoms with E-state index in [1.807, 2.05) is 0 Å². The number of benzene rings is 2. The lowest BCUT2D eigenvalue weighted by Crippen LogP contribution is -2.32. The standard InChI is InChI=1S/C21H18F6N2O3/c22-20(23,24)13-8-12(9-14(10-13)21(25,26)27)18(30)29-17-6-2-1-5-16(17)19(31)28-11-15-4-3-7-32-15/h1-2,5-6,8-10,15H,3-4,7,11H2,(H,28,31)(H,29,30)/t15-/m0/s1. The van der Waals surface area contributed by atoms with E-state index in [0.717, 1.165) is 12.8 Å². The second-order valence-electron chi connectivity index (χ2n) is 7.14. The van der Waals surface area contributed by atoms with Crippen molar-refractivity contribution in [2.45, 2.75) is 31.3 Å². The number of carbonyl (C=O) groups is 2. The summed E-state index contributed by atoms with van der Waals surface area (Å²) in [4.78, 5) is 25.0. The van der Waals surface area contributed by atoms with Crippen molar-refractivity contribution in [2.75, 3.05) is 18.5 Å². The van der Waals surface area contributed by atoms with Crippen molar-refractivity contribution < 1.29 is 40.7 Å². The minimum Gasteiger partial charge on any atom is -0.376 e. The Hall–Kier alpha value is -3.08. The monoisotopic (exact) mass is 460 g/mol. The Bertz CT molecular complexity index is 966. The molecule has 2 aromatic rings. The van der Waals surface area contributed by atoms with Gasteiger partial charge in [-0.05, 0) is 43.2 Å². The number of nitrogens with one attached hydrogen (secondary N) is 2. The van der Waals surface area contributed by atoms with Gasteiger partial charge in [0.05, 0.1) is 28.5 Å². The summed E-state index contributed by atoms with van der Waals surface area (Å²) in [7, 11) is 0. The SMILES string of the molecule is O=C(Nc1ccccc1C(=O)NC[C@@H]1CCCO1)c1cc(C(F)(F)F)cc(C(F)(F)F)c1. The molecule has 1 aliphatic heterocycles. The summed E-state index contributed by atoms with van der Waals surface area (Å²) < 4.78 is 83.7. The van der Waals surface area contributed by atoms with Crippen LogP contribution in [-0.4, -0.2) is 31.1 Å². The molecular weight excluding hydrogens is 442 g/mol. The number of amides is 2. The fourth-order valence-electron chi connectivity index (χ4n) is 3.18. The molecule has 0 aliphatic carbocycles. The van der Waals surface area contributed by atoms with E-state index in [1.165, 1.54) is 24.3 Å². The van der Waals surface area contributed by atoms with Gasteiger partial charge in [-0.3, -0.25) is 9.59 Å². The first-order valence-corrected chi connectivity index (χ1v) is 9.55. The Morgan fingerprint density at radius 2 is 1.56 bits per heavy atom. The molecule has 172 valence electrons. The predicted octanol–water partition coefficient (Wildman–Crippen LogP) is 4.89. The zero-order chi connectivity index (χ0) is 23.5. The average molecular weight is 460 g/mol. The number of ether oxygens (including phenoxy) is 1. The van der Waals surface area contributed by atoms with Gasteiger partial charge in [-0.25, -0.2) is 0 Å². The van der Waals surface area contributed by atoms with Crippen LogP contribution in [0.15, 0.2) is 42.5 Å². The summed E-state index contributed by atoms with van der Waals surface area (Å²) in [5.41, 5.74) is -4.13. The topological polar surface area (TPSA) is 67.4 Å². The van der Waals surface area contributed by atoms with Crippen molar-refractivity contribution >= 4 is 17.5 Å². The summed E-state index contributed by atoms with van der Waals surface area (Å²) in [6.45, 7) is 0.813. The summed E-state index contributed by atoms with van der Waals surface area (Å²) in [6, 6.07) is 6.23. The molecule has 0 saturated carbocycles. The van der Waals surface area contributed by atoms with Crippen LogP contribution in [-0.2, 0) is 17.1 Å². The molecule has 1 atom stereocenters. The number of hydrogen-bond acceptors (Lipinski definition) is 3. The van der Waals surface area contributed by atoms with Gasteiger partial charge < -0.3 is 15.4 Å². The van der Waals surface area contributed by atoms with Gasteiger partial charge in [0.2, 0.25) is 0 Å². The van der Waals surface area contributed by atoms with Crippen LogP contribution >= 0.6 is 0 Å². The van der Waals surface area contributed by atoms with E-state index in [-0.39, 0.29) is 30.0 Å². The third-order valence-electron chi connectivity index (χ3n) is 4.78. The van der Waals surface area contributed by atoms with Gasteiger partial charge in [-0.1, -0.05) is 12.1 Å². The Kier molecular flexibility index (Phi) is 6.77. The maximum absolute atomic E-state index is 13.0. The number of halogens is 6. The summed E-state index contributed by atoms with van der Waals surface area (Å²) in [6.07, 6.45) is -8.68. The van der Waals surface area contributed by atoms with Crippen molar-refractivity contribution in [3.05, 3.63) is 64.7 Å². The van der Waals surface area contributed by atoms with Crippen LogP contribution in [0.1, 0.15) is 44.7 Å². The molecule has 1 heterocycles. The highest BCUT2D eigenvalue weighted by Crippen LogP contribution is 2.36. The Balaban J connectivity index is 1.83. The zero-order valence-corrected chi connectivity index (χ0v) is 16.4. The van der Waals surface area contributed by atoms with Crippen LogP contribution in [0.5, 0.6) is 0 Å². The van der Waals surface area contributed by atoms with Gasteiger partial charge in [-0.15, -0.1) is 0 Å². The average Bonchev–Trinajstić information content (AvgIpc) is 3.24. The van der Waals surface area contributed by atoms with Crippen LogP contribution < -0.4 is 10.6 Å². The highest BCUT2D eigenvalue weighted by Gasteiger charge is 2.37. The summed E-state index contributed by atoms with van der Waals surface area (Å²) in [5.74, 6) is -1.79. The normalized spacial score (nSPS) is 16.6. The lowest BCUT2D eigenvalue weighted by molar-refractivity contribution is -0.143. The quantitative estimate of drug-likeness (QED) is 0.625. The van der Waals surface area contributed by atoms with Crippen molar-refractivity contribution in [2.24, 2.45) is 0 Å². The van der Waals surface area contributed by atoms with Gasteiger partial charge in [0.15, 0.2) is 0 Å². The Labute approximate surface area is 178 Å². The molecular formula is C21H18F6N2O3. The molecule has 1 saturated heterocycles. The molecule has 11 heteroatoms. The van der Waals surface area contributed by atoms with Crippen molar-refractivity contribution in [1.82, 2.24) is 5.32 Å². The van der Waals surface area contributed by atoms with Gasteiger partial charge in [0, 0.05) is 18.7 Å². The molecule has 2 aromatic carbocycles. The molecule has 3 rings (SSSR count). The lowest BCUT2D eigenvalue weighted by atomic mass is 10.0. The first kappa shape index (κ1) is 23.6. The smallest absolute Gasteiger partial charge is 0.376 e. The van der Waals surface area contributed by atoms with Gasteiger partial charge in [0.1, 0.15) is 0 Å². The first-order chi connectivity index (χ1) is 14.9. The van der Waals surface area contributed by atoms with Crippen LogP contribution in [0.25, 0.3) is 0 Å². The predicted molar refractivity (Wildman–Crippen MR) is 102 cm³/mol. The molecule has 1 fully saturated rings. The number of carbonyl (C=O) groups excluding carboxylic acids is 2. The van der Waals surface area contributed by atoms with Crippen LogP contribution in [0.2, 0.25) is 0 Å². The summed E-state index contributed by atoms with van der Waals surface area (Å²) in [5, 5.41) is 4.87. The van der Waals surface area contributed by atoms with Crippen molar-refractivity contribution in [1.29, 1.82) is 0 Å². The number of alkyl halides is 6. The molecule has 0 radical (unpaired) electrons. The highest BCUT2D eigenvalue weighted by atomic mass is 19.4. The summed E-state index contributed by atoms with van der Waals surface area (Å²) >= 11 is 0. The molecule has 5 nitrogen and oxygen atoms in total. The lowest BCUT2D eigenvalue weighted by Gasteiger charge is -2.16. The second kappa shape index (κ2) is 9.19. The zero-order valence-electron chi connectivity index (χ0n) is 16.4. The highest BCUT2D eigenvalue weighted by molar-refractivity contribution is 6.09. The largest absolute Gasteiger partial charge is 0.416 e. The van der Waals surface area contributed by atoms with Crippen molar-refractivity contribution in [3.8, 4) is 0 Å². The Morgan fingerprint density at radius 3 is 2.12 bits per heavy atom. The minimum absolute atomic E-state index is 0.00173. The Morgan fingerprint density at radius 1 is 0.938 bits per heavy atom. The number of anilines is 1. The van der Waals surface area contributed by atoms with Gasteiger partial charge in [0.25, 0.3) is 11.8 Å². The van der Waals surface area contributed by atoms with E-state index in [4.69, 9.17) is 4.74 Å². The second-order valence-corrected chi connectivity index (χ2v) is 7.14. The molecule has 0 spiro atoms. The van der Waals surface area contributed by atoms with Crippen LogP contribution in [0.4, 0.5) is 32.0 Å². The molecule has 1 aliphatic rings. The first-order valence-electron chi connectivity index (χ1n) is 9.55. The molecule has 32 heavy (non-hydrogen) atoms. The number of rotatable bonds is 5. The number of hydrogen-bond donors (Lipinski definition) is 2. The van der Waals surface area contributed by atoms with E-state index in [1.54, 1.807) is 0 Å². The third-order valence-corrected chi connectivity index (χ3v) is 4.78. The van der Waals surface area contributed by atoms with Crippen molar-refractivity contribution in [3.63, 3.8) is 0 Å². The van der Waals surface area contributed by atoms with E-state index in [9.17, 15) is 35.9 Å². The van der Waals surface area contributed by atoms with Crippen LogP contribution in [0, 0.1) is 0 Å². The number of para-hydroxylation sites is 1. The van der Waals surface area contributed by atoms with Crippen LogP contribution in [0.3, 0.4) is 0 Å². The maximum Gasteiger partial charge on any atom is 0.416 e. The van der Waals surface area contributed by atoms with E-state index < -0.39 is 40.9 Å². The molecule has 0 bridgehead atoms. The fraction of sp³-hybridized carbons (Fsp3) is 0.333. The molecule has 0 unspecified atom stereocenters. The van der Waals surface area contributed by atoms with Gasteiger partial charge >= 0.3 is 12.4 Å². The van der Waals surface area contributed by atoms with E-state index in [2.05, 4.69) is 10.6 Å². The van der Waals surface area contributed by atoms with E-state index >= 15 is 0 Å². The van der Waals surface area contributed by atoms with E-state index in [0.29, 0.717) is 18.7 Å². The minimum atomic E-state index is -5.09. The molecule has 0 aromatic heterocycles.